The maximum atomic E-state index is 12.7. The average Bonchev–Trinajstić information content (AvgIpc) is 2.46. The highest BCUT2D eigenvalue weighted by molar-refractivity contribution is 7.90. The minimum atomic E-state index is -4.11. The molecule has 2 aromatic carbocycles. The Morgan fingerprint density at radius 2 is 2.00 bits per heavy atom. The molecule has 0 saturated heterocycles. The van der Waals surface area contributed by atoms with Crippen LogP contribution in [0.15, 0.2) is 46.4 Å². The lowest BCUT2D eigenvalue weighted by atomic mass is 9.71. The zero-order valence-electron chi connectivity index (χ0n) is 12.1. The van der Waals surface area contributed by atoms with Gasteiger partial charge in [-0.3, -0.25) is 0 Å². The number of fused-ring (bicyclic) bond motifs is 1. The third kappa shape index (κ3) is 2.69. The highest BCUT2D eigenvalue weighted by atomic mass is 35.5. The molecule has 1 aliphatic heterocycles. The molecule has 0 bridgehead atoms. The van der Waals surface area contributed by atoms with Gasteiger partial charge in [-0.25, -0.2) is 8.42 Å². The van der Waals surface area contributed by atoms with Crippen LogP contribution in [0.2, 0.25) is 5.02 Å². The van der Waals surface area contributed by atoms with Crippen LogP contribution in [0.4, 0.5) is 5.69 Å². The molecule has 3 N–H and O–H groups in total. The molecule has 6 nitrogen and oxygen atoms in total. The second kappa shape index (κ2) is 5.56. The third-order valence-corrected chi connectivity index (χ3v) is 5.64. The van der Waals surface area contributed by atoms with E-state index in [1.54, 1.807) is 12.1 Å². The summed E-state index contributed by atoms with van der Waals surface area (Å²) >= 11 is 5.98. The Morgan fingerprint density at radius 1 is 1.26 bits per heavy atom. The smallest absolute Gasteiger partial charge is 0.427 e. The quantitative estimate of drug-likeness (QED) is 0.623. The summed E-state index contributed by atoms with van der Waals surface area (Å²) in [6.45, 7) is 1.90. The van der Waals surface area contributed by atoms with Gasteiger partial charge in [0.1, 0.15) is 4.90 Å². The van der Waals surface area contributed by atoms with Crippen LogP contribution >= 0.6 is 11.6 Å². The average molecular weight is 350 g/mol. The maximum absolute atomic E-state index is 12.7. The molecule has 23 heavy (non-hydrogen) atoms. The lowest BCUT2D eigenvalue weighted by Gasteiger charge is -2.26. The van der Waals surface area contributed by atoms with Crippen LogP contribution in [0.3, 0.4) is 0 Å². The molecular formula is C14H13BClN3O3S. The van der Waals surface area contributed by atoms with Gasteiger partial charge in [0, 0.05) is 5.69 Å². The van der Waals surface area contributed by atoms with Crippen molar-refractivity contribution in [2.45, 2.75) is 11.8 Å². The molecule has 0 atom stereocenters. The number of nitrogens with zero attached hydrogens (tertiary/aromatic N) is 2. The van der Waals surface area contributed by atoms with Crippen molar-refractivity contribution in [3.63, 3.8) is 0 Å². The van der Waals surface area contributed by atoms with Gasteiger partial charge in [-0.05, 0) is 36.1 Å². The first-order valence-corrected chi connectivity index (χ1v) is 8.54. The minimum Gasteiger partial charge on any atom is -0.427 e. The number of rotatable bonds is 2. The number of anilines is 1. The Bertz CT molecular complexity index is 917. The predicted octanol–water partition coefficient (Wildman–Crippen LogP) is 0.957. The number of nitrogens with two attached hydrogens (primary N) is 1. The van der Waals surface area contributed by atoms with E-state index in [4.69, 9.17) is 17.3 Å². The van der Waals surface area contributed by atoms with Crippen LogP contribution in [0, 0.1) is 6.92 Å². The third-order valence-electron chi connectivity index (χ3n) is 3.52. The van der Waals surface area contributed by atoms with Crippen molar-refractivity contribution in [2.24, 2.45) is 5.10 Å². The number of aryl methyl sites for hydroxylation is 1. The van der Waals surface area contributed by atoms with Gasteiger partial charge >= 0.3 is 7.05 Å². The molecule has 0 aromatic heterocycles. The van der Waals surface area contributed by atoms with E-state index in [1.165, 1.54) is 24.4 Å². The maximum Gasteiger partial charge on any atom is 0.484 e. The molecule has 0 unspecified atom stereocenters. The Labute approximate surface area is 139 Å². The van der Waals surface area contributed by atoms with E-state index in [9.17, 15) is 13.4 Å². The highest BCUT2D eigenvalue weighted by Gasteiger charge is 2.39. The van der Waals surface area contributed by atoms with Gasteiger partial charge in [0.05, 0.1) is 11.2 Å². The van der Waals surface area contributed by atoms with Gasteiger partial charge < -0.3 is 10.8 Å². The van der Waals surface area contributed by atoms with Crippen LogP contribution in [-0.4, -0.2) is 31.0 Å². The summed E-state index contributed by atoms with van der Waals surface area (Å²) in [7, 11) is -5.54. The normalized spacial score (nSPS) is 14.0. The van der Waals surface area contributed by atoms with Crippen molar-refractivity contribution >= 4 is 46.0 Å². The summed E-state index contributed by atoms with van der Waals surface area (Å²) < 4.78 is 26.1. The summed E-state index contributed by atoms with van der Waals surface area (Å²) in [5.74, 6) is 0. The van der Waals surface area contributed by atoms with Crippen LogP contribution < -0.4 is 11.2 Å². The van der Waals surface area contributed by atoms with Crippen molar-refractivity contribution in [1.82, 2.24) is 4.33 Å². The van der Waals surface area contributed by atoms with Gasteiger partial charge in [-0.15, -0.1) is 0 Å². The molecule has 2 aromatic rings. The number of hydrazone groups is 1. The van der Waals surface area contributed by atoms with Crippen molar-refractivity contribution < 1.29 is 13.4 Å². The fourth-order valence-electron chi connectivity index (χ4n) is 2.36. The van der Waals surface area contributed by atoms with E-state index in [2.05, 4.69) is 5.10 Å². The van der Waals surface area contributed by atoms with Crippen LogP contribution in [0.25, 0.3) is 0 Å². The molecule has 0 spiro atoms. The Morgan fingerprint density at radius 3 is 2.70 bits per heavy atom. The summed E-state index contributed by atoms with van der Waals surface area (Å²) in [6.07, 6.45) is 1.40. The number of nitrogen functional groups attached to an aromatic ring is 1. The number of sulfonamides is 1. The van der Waals surface area contributed by atoms with Crippen molar-refractivity contribution in [3.05, 3.63) is 52.5 Å². The number of hydrogen-bond acceptors (Lipinski definition) is 5. The first-order valence-electron chi connectivity index (χ1n) is 6.73. The zero-order valence-corrected chi connectivity index (χ0v) is 13.7. The van der Waals surface area contributed by atoms with Crippen LogP contribution in [0.5, 0.6) is 0 Å². The van der Waals surface area contributed by atoms with Crippen molar-refractivity contribution in [2.75, 3.05) is 5.73 Å². The van der Waals surface area contributed by atoms with Gasteiger partial charge in [0.15, 0.2) is 0 Å². The van der Waals surface area contributed by atoms with E-state index in [-0.39, 0.29) is 9.92 Å². The lowest BCUT2D eigenvalue weighted by Crippen LogP contribution is -2.52. The van der Waals surface area contributed by atoms with Gasteiger partial charge in [-0.2, -0.15) is 9.43 Å². The largest absolute Gasteiger partial charge is 0.484 e. The van der Waals surface area contributed by atoms with Crippen molar-refractivity contribution in [3.8, 4) is 0 Å². The molecule has 0 saturated carbocycles. The second-order valence-corrected chi connectivity index (χ2v) is 7.39. The van der Waals surface area contributed by atoms with Crippen LogP contribution in [0.1, 0.15) is 11.1 Å². The first kappa shape index (κ1) is 15.9. The molecule has 1 aliphatic rings. The van der Waals surface area contributed by atoms with E-state index in [1.807, 2.05) is 13.0 Å². The molecule has 9 heteroatoms. The predicted molar refractivity (Wildman–Crippen MR) is 91.3 cm³/mol. The molecular weight excluding hydrogens is 337 g/mol. The molecule has 118 valence electrons. The summed E-state index contributed by atoms with van der Waals surface area (Å²) in [5, 5.41) is 14.3. The molecule has 0 aliphatic carbocycles. The summed E-state index contributed by atoms with van der Waals surface area (Å²) in [4.78, 5) is -0.167. The fraction of sp³-hybridized carbons (Fsp3) is 0.0714. The molecule has 0 radical (unpaired) electrons. The second-order valence-electron chi connectivity index (χ2n) is 5.22. The van der Waals surface area contributed by atoms with Crippen molar-refractivity contribution in [1.29, 1.82) is 0 Å². The number of hydrogen-bond donors (Lipinski definition) is 2. The number of benzene rings is 2. The van der Waals surface area contributed by atoms with Gasteiger partial charge in [0.2, 0.25) is 0 Å². The highest BCUT2D eigenvalue weighted by Crippen LogP contribution is 2.28. The summed E-state index contributed by atoms with van der Waals surface area (Å²) in [6, 6.07) is 9.35. The van der Waals surface area contributed by atoms with Crippen LogP contribution in [-0.2, 0) is 10.0 Å². The Hall–Kier alpha value is -2.03. The standard InChI is InChI=1S/C14H13BClN3O3S/c1-9-2-4-12-10(6-9)8-18-19(15(12)20)23(21,22)14-5-3-11(17)7-13(14)16/h2-8,20H,17H2,1H3. The zero-order chi connectivity index (χ0) is 16.8. The monoisotopic (exact) mass is 349 g/mol. The summed E-state index contributed by atoms with van der Waals surface area (Å²) in [5.41, 5.74) is 8.05. The Kier molecular flexibility index (Phi) is 3.83. The minimum absolute atomic E-state index is 0.0258. The van der Waals surface area contributed by atoms with Gasteiger partial charge in [0.25, 0.3) is 10.0 Å². The topological polar surface area (TPSA) is 96.0 Å². The fourth-order valence-corrected chi connectivity index (χ4v) is 4.14. The molecule has 0 fully saturated rings. The van der Waals surface area contributed by atoms with E-state index >= 15 is 0 Å². The molecule has 3 rings (SSSR count). The van der Waals surface area contributed by atoms with E-state index in [0.29, 0.717) is 21.0 Å². The Balaban J connectivity index is 2.07. The van der Waals surface area contributed by atoms with Gasteiger partial charge in [-0.1, -0.05) is 35.4 Å². The lowest BCUT2D eigenvalue weighted by molar-refractivity contribution is 0.476. The molecule has 0 amide bonds. The number of halogens is 1. The van der Waals surface area contributed by atoms with E-state index in [0.717, 1.165) is 5.56 Å². The SMILES string of the molecule is Cc1ccc2c(c1)C=NN(S(=O)(=O)c1ccc(N)cc1Cl)B2O. The molecule has 1 heterocycles. The van der Waals surface area contributed by atoms with E-state index < -0.39 is 17.1 Å². The first-order chi connectivity index (χ1) is 10.8.